The third kappa shape index (κ3) is 2.59. The standard InChI is InChI=1S/C11H15BrOS/c1-7(8-2-3-8)11(13)5-10-4-9(12)6-14-10/h4,6-8,11,13H,2-3,5H2,1H3. The molecule has 1 nitrogen and oxygen atoms in total. The normalized spacial score (nSPS) is 20.8. The number of thiophene rings is 1. The van der Waals surface area contributed by atoms with Gasteiger partial charge in [-0.25, -0.2) is 0 Å². The Bertz CT molecular complexity index is 306. The molecule has 2 rings (SSSR count). The zero-order valence-electron chi connectivity index (χ0n) is 8.24. The molecule has 1 aliphatic rings. The van der Waals surface area contributed by atoms with Gasteiger partial charge < -0.3 is 5.11 Å². The van der Waals surface area contributed by atoms with Crippen molar-refractivity contribution in [3.8, 4) is 0 Å². The first-order chi connectivity index (χ1) is 6.66. The van der Waals surface area contributed by atoms with Crippen LogP contribution in [0.25, 0.3) is 0 Å². The highest BCUT2D eigenvalue weighted by molar-refractivity contribution is 9.10. The Kier molecular flexibility index (Phi) is 3.30. The van der Waals surface area contributed by atoms with Gasteiger partial charge in [0.05, 0.1) is 6.10 Å². The monoisotopic (exact) mass is 274 g/mol. The molecule has 0 aliphatic heterocycles. The fraction of sp³-hybridized carbons (Fsp3) is 0.636. The predicted molar refractivity (Wildman–Crippen MR) is 63.6 cm³/mol. The van der Waals surface area contributed by atoms with Crippen LogP contribution in [-0.2, 0) is 6.42 Å². The first kappa shape index (κ1) is 10.7. The summed E-state index contributed by atoms with van der Waals surface area (Å²) in [5.41, 5.74) is 0. The Hall–Kier alpha value is 0.140. The van der Waals surface area contributed by atoms with Crippen molar-refractivity contribution < 1.29 is 5.11 Å². The van der Waals surface area contributed by atoms with Crippen LogP contribution >= 0.6 is 27.3 Å². The summed E-state index contributed by atoms with van der Waals surface area (Å²) in [4.78, 5) is 1.27. The van der Waals surface area contributed by atoms with Crippen molar-refractivity contribution in [2.24, 2.45) is 11.8 Å². The predicted octanol–water partition coefficient (Wildman–Crippen LogP) is 3.46. The molecule has 14 heavy (non-hydrogen) atoms. The minimum Gasteiger partial charge on any atom is -0.392 e. The van der Waals surface area contributed by atoms with Gasteiger partial charge in [0, 0.05) is 21.2 Å². The van der Waals surface area contributed by atoms with Crippen molar-refractivity contribution in [2.75, 3.05) is 0 Å². The lowest BCUT2D eigenvalue weighted by Crippen LogP contribution is -2.21. The molecule has 2 unspecified atom stereocenters. The van der Waals surface area contributed by atoms with E-state index in [0.29, 0.717) is 5.92 Å². The van der Waals surface area contributed by atoms with Crippen LogP contribution in [0.3, 0.4) is 0 Å². The maximum Gasteiger partial charge on any atom is 0.0616 e. The van der Waals surface area contributed by atoms with Crippen LogP contribution < -0.4 is 0 Å². The van der Waals surface area contributed by atoms with Crippen molar-refractivity contribution in [3.63, 3.8) is 0 Å². The van der Waals surface area contributed by atoms with Crippen LogP contribution in [0.1, 0.15) is 24.6 Å². The van der Waals surface area contributed by atoms with E-state index in [1.807, 2.05) is 0 Å². The second-order valence-electron chi connectivity index (χ2n) is 4.20. The van der Waals surface area contributed by atoms with Crippen LogP contribution in [0.4, 0.5) is 0 Å². The molecular formula is C11H15BrOS. The summed E-state index contributed by atoms with van der Waals surface area (Å²) in [6.45, 7) is 2.17. The Morgan fingerprint density at radius 3 is 2.86 bits per heavy atom. The summed E-state index contributed by atoms with van der Waals surface area (Å²) in [7, 11) is 0. The smallest absolute Gasteiger partial charge is 0.0616 e. The van der Waals surface area contributed by atoms with E-state index >= 15 is 0 Å². The average Bonchev–Trinajstić information content (AvgIpc) is 2.91. The van der Waals surface area contributed by atoms with Gasteiger partial charge in [0.25, 0.3) is 0 Å². The zero-order chi connectivity index (χ0) is 10.1. The van der Waals surface area contributed by atoms with Gasteiger partial charge in [-0.05, 0) is 46.7 Å². The van der Waals surface area contributed by atoms with E-state index < -0.39 is 0 Å². The number of aliphatic hydroxyl groups is 1. The summed E-state index contributed by atoms with van der Waals surface area (Å²) in [5, 5.41) is 12.1. The van der Waals surface area contributed by atoms with Crippen molar-refractivity contribution in [1.29, 1.82) is 0 Å². The SMILES string of the molecule is CC(C(O)Cc1cc(Br)cs1)C1CC1. The molecule has 3 heteroatoms. The third-order valence-electron chi connectivity index (χ3n) is 3.00. The second-order valence-corrected chi connectivity index (χ2v) is 6.11. The van der Waals surface area contributed by atoms with E-state index in [9.17, 15) is 5.11 Å². The van der Waals surface area contributed by atoms with Crippen molar-refractivity contribution in [2.45, 2.75) is 32.3 Å². The fourth-order valence-electron chi connectivity index (χ4n) is 1.79. The second kappa shape index (κ2) is 4.33. The summed E-state index contributed by atoms with van der Waals surface area (Å²) >= 11 is 5.15. The minimum atomic E-state index is -0.159. The number of rotatable bonds is 4. The zero-order valence-corrected chi connectivity index (χ0v) is 10.6. The molecule has 1 aromatic rings. The van der Waals surface area contributed by atoms with Gasteiger partial charge in [-0.15, -0.1) is 11.3 Å². The topological polar surface area (TPSA) is 20.2 Å². The summed E-state index contributed by atoms with van der Waals surface area (Å²) < 4.78 is 1.13. The Morgan fingerprint density at radius 1 is 1.64 bits per heavy atom. The van der Waals surface area contributed by atoms with E-state index in [0.717, 1.165) is 16.8 Å². The fourth-order valence-corrected chi connectivity index (χ4v) is 3.29. The molecule has 1 N–H and O–H groups in total. The molecule has 78 valence electrons. The van der Waals surface area contributed by atoms with Crippen LogP contribution in [0.15, 0.2) is 15.9 Å². The Labute approximate surface area is 97.3 Å². The number of aliphatic hydroxyl groups excluding tert-OH is 1. The largest absolute Gasteiger partial charge is 0.392 e. The lowest BCUT2D eigenvalue weighted by Gasteiger charge is -2.17. The molecule has 0 bridgehead atoms. The Balaban J connectivity index is 1.89. The highest BCUT2D eigenvalue weighted by Gasteiger charge is 2.32. The molecular weight excluding hydrogens is 260 g/mol. The average molecular weight is 275 g/mol. The van der Waals surface area contributed by atoms with Crippen LogP contribution in [0, 0.1) is 11.8 Å². The maximum absolute atomic E-state index is 9.98. The maximum atomic E-state index is 9.98. The number of hydrogen-bond acceptors (Lipinski definition) is 2. The molecule has 1 saturated carbocycles. The number of halogens is 1. The molecule has 0 spiro atoms. The first-order valence-electron chi connectivity index (χ1n) is 5.08. The van der Waals surface area contributed by atoms with Crippen LogP contribution in [0.2, 0.25) is 0 Å². The first-order valence-corrected chi connectivity index (χ1v) is 6.75. The molecule has 0 radical (unpaired) electrons. The van der Waals surface area contributed by atoms with Crippen molar-refractivity contribution >= 4 is 27.3 Å². The van der Waals surface area contributed by atoms with Gasteiger partial charge in [0.2, 0.25) is 0 Å². The van der Waals surface area contributed by atoms with E-state index in [4.69, 9.17) is 0 Å². The molecule has 0 aromatic carbocycles. The van der Waals surface area contributed by atoms with Crippen molar-refractivity contribution in [1.82, 2.24) is 0 Å². The lowest BCUT2D eigenvalue weighted by molar-refractivity contribution is 0.106. The van der Waals surface area contributed by atoms with Crippen molar-refractivity contribution in [3.05, 3.63) is 20.8 Å². The van der Waals surface area contributed by atoms with Gasteiger partial charge in [-0.2, -0.15) is 0 Å². The summed E-state index contributed by atoms with van der Waals surface area (Å²) in [6.07, 6.45) is 3.28. The lowest BCUT2D eigenvalue weighted by atomic mass is 9.96. The summed E-state index contributed by atoms with van der Waals surface area (Å²) in [6, 6.07) is 2.10. The van der Waals surface area contributed by atoms with E-state index in [1.54, 1.807) is 11.3 Å². The highest BCUT2D eigenvalue weighted by Crippen LogP contribution is 2.39. The van der Waals surface area contributed by atoms with Gasteiger partial charge in [0.15, 0.2) is 0 Å². The van der Waals surface area contributed by atoms with Crippen LogP contribution in [0.5, 0.6) is 0 Å². The molecule has 0 amide bonds. The van der Waals surface area contributed by atoms with Gasteiger partial charge in [-0.1, -0.05) is 6.92 Å². The van der Waals surface area contributed by atoms with Crippen LogP contribution in [-0.4, -0.2) is 11.2 Å². The van der Waals surface area contributed by atoms with E-state index in [2.05, 4.69) is 34.3 Å². The third-order valence-corrected chi connectivity index (χ3v) is 4.72. The van der Waals surface area contributed by atoms with Gasteiger partial charge >= 0.3 is 0 Å². The minimum absolute atomic E-state index is 0.159. The van der Waals surface area contributed by atoms with E-state index in [1.165, 1.54) is 17.7 Å². The molecule has 1 aliphatic carbocycles. The molecule has 1 aromatic heterocycles. The van der Waals surface area contributed by atoms with Gasteiger partial charge in [-0.3, -0.25) is 0 Å². The number of hydrogen-bond donors (Lipinski definition) is 1. The molecule has 0 saturated heterocycles. The van der Waals surface area contributed by atoms with E-state index in [-0.39, 0.29) is 6.10 Å². The Morgan fingerprint density at radius 2 is 2.36 bits per heavy atom. The quantitative estimate of drug-likeness (QED) is 0.892. The molecule has 1 heterocycles. The highest BCUT2D eigenvalue weighted by atomic mass is 79.9. The molecule has 2 atom stereocenters. The molecule has 1 fully saturated rings. The summed E-state index contributed by atoms with van der Waals surface area (Å²) in [5.74, 6) is 1.25. The van der Waals surface area contributed by atoms with Gasteiger partial charge in [0.1, 0.15) is 0 Å².